The quantitative estimate of drug-likeness (QED) is 0.656. The lowest BCUT2D eigenvalue weighted by Crippen LogP contribution is -1.99. The highest BCUT2D eigenvalue weighted by molar-refractivity contribution is 5.32. The van der Waals surface area contributed by atoms with Crippen LogP contribution in [0.2, 0.25) is 0 Å². The van der Waals surface area contributed by atoms with Gasteiger partial charge in [0, 0.05) is 6.61 Å². The summed E-state index contributed by atoms with van der Waals surface area (Å²) < 4.78 is 11.4. The fraction of sp³-hybridized carbons (Fsp3) is 0.333. The van der Waals surface area contributed by atoms with E-state index in [1.165, 1.54) is 5.56 Å². The van der Waals surface area contributed by atoms with Crippen molar-refractivity contribution in [3.8, 4) is 11.5 Å². The van der Waals surface area contributed by atoms with Gasteiger partial charge < -0.3 is 9.47 Å². The van der Waals surface area contributed by atoms with Crippen molar-refractivity contribution in [2.24, 2.45) is 5.92 Å². The molecule has 20 heavy (non-hydrogen) atoms. The predicted molar refractivity (Wildman–Crippen MR) is 82.1 cm³/mol. The Bertz CT molecular complexity index is 489. The summed E-state index contributed by atoms with van der Waals surface area (Å²) in [5, 5.41) is 0. The van der Waals surface area contributed by atoms with Gasteiger partial charge in [0.05, 0.1) is 6.61 Å². The van der Waals surface area contributed by atoms with Crippen LogP contribution in [0.15, 0.2) is 54.6 Å². The van der Waals surface area contributed by atoms with Crippen molar-refractivity contribution in [3.05, 3.63) is 60.2 Å². The van der Waals surface area contributed by atoms with Gasteiger partial charge in [-0.3, -0.25) is 0 Å². The highest BCUT2D eigenvalue weighted by Gasteiger charge is 1.99. The molecule has 2 nitrogen and oxygen atoms in total. The van der Waals surface area contributed by atoms with Gasteiger partial charge in [-0.1, -0.05) is 44.2 Å². The third-order valence-corrected chi connectivity index (χ3v) is 3.01. The van der Waals surface area contributed by atoms with Gasteiger partial charge in [0.2, 0.25) is 0 Å². The highest BCUT2D eigenvalue weighted by atomic mass is 16.5. The number of hydrogen-bond acceptors (Lipinski definition) is 2. The van der Waals surface area contributed by atoms with E-state index in [1.807, 2.05) is 54.6 Å². The molecular formula is C18H22O2. The van der Waals surface area contributed by atoms with Crippen molar-refractivity contribution < 1.29 is 9.47 Å². The van der Waals surface area contributed by atoms with Gasteiger partial charge in [-0.2, -0.15) is 0 Å². The molecule has 0 aliphatic carbocycles. The van der Waals surface area contributed by atoms with E-state index < -0.39 is 0 Å². The maximum Gasteiger partial charge on any atom is 0.127 e. The summed E-state index contributed by atoms with van der Waals surface area (Å²) >= 11 is 0. The first-order chi connectivity index (χ1) is 9.74. The fourth-order valence-electron chi connectivity index (χ4n) is 1.79. The van der Waals surface area contributed by atoms with Gasteiger partial charge in [0.15, 0.2) is 0 Å². The molecule has 0 atom stereocenters. The Labute approximate surface area is 121 Å². The van der Waals surface area contributed by atoms with Gasteiger partial charge in [0.1, 0.15) is 11.5 Å². The molecule has 2 aromatic rings. The molecule has 106 valence electrons. The maximum atomic E-state index is 5.75. The minimum atomic E-state index is 0.665. The van der Waals surface area contributed by atoms with Crippen molar-refractivity contribution in [2.45, 2.75) is 26.9 Å². The fourth-order valence-corrected chi connectivity index (χ4v) is 1.79. The largest absolute Gasteiger partial charge is 0.457 e. The van der Waals surface area contributed by atoms with Crippen LogP contribution >= 0.6 is 0 Å². The van der Waals surface area contributed by atoms with Crippen molar-refractivity contribution in [2.75, 3.05) is 6.61 Å². The molecule has 2 heteroatoms. The second kappa shape index (κ2) is 7.71. The molecule has 0 saturated carbocycles. The van der Waals surface area contributed by atoms with Crippen LogP contribution in [-0.4, -0.2) is 6.61 Å². The molecule has 0 heterocycles. The summed E-state index contributed by atoms with van der Waals surface area (Å²) in [5.74, 6) is 2.40. The normalized spacial score (nSPS) is 10.8. The minimum Gasteiger partial charge on any atom is -0.457 e. The van der Waals surface area contributed by atoms with Crippen LogP contribution in [0.5, 0.6) is 11.5 Å². The van der Waals surface area contributed by atoms with Crippen LogP contribution in [0, 0.1) is 5.92 Å². The Kier molecular flexibility index (Phi) is 5.63. The number of hydrogen-bond donors (Lipinski definition) is 0. The second-order valence-electron chi connectivity index (χ2n) is 5.29. The Morgan fingerprint density at radius 1 is 0.850 bits per heavy atom. The average Bonchev–Trinajstić information content (AvgIpc) is 2.46. The van der Waals surface area contributed by atoms with Crippen LogP contribution in [0.1, 0.15) is 25.8 Å². The SMILES string of the molecule is CC(C)CCOCc1ccc(Oc2ccccc2)cc1. The third-order valence-electron chi connectivity index (χ3n) is 3.01. The molecule has 0 bridgehead atoms. The zero-order valence-electron chi connectivity index (χ0n) is 12.2. The topological polar surface area (TPSA) is 18.5 Å². The summed E-state index contributed by atoms with van der Waals surface area (Å²) in [7, 11) is 0. The molecule has 0 unspecified atom stereocenters. The standard InChI is InChI=1S/C18H22O2/c1-15(2)12-13-19-14-16-8-10-18(11-9-16)20-17-6-4-3-5-7-17/h3-11,15H,12-14H2,1-2H3. The van der Waals surface area contributed by atoms with E-state index in [0.717, 1.165) is 24.5 Å². The first-order valence-electron chi connectivity index (χ1n) is 7.13. The molecule has 0 fully saturated rings. The Hall–Kier alpha value is -1.80. The smallest absolute Gasteiger partial charge is 0.127 e. The molecule has 0 aliphatic rings. The lowest BCUT2D eigenvalue weighted by atomic mass is 10.1. The minimum absolute atomic E-state index is 0.665. The van der Waals surface area contributed by atoms with Gasteiger partial charge in [0.25, 0.3) is 0 Å². The predicted octanol–water partition coefficient (Wildman–Crippen LogP) is 5.04. The Morgan fingerprint density at radius 3 is 2.15 bits per heavy atom. The molecule has 2 aromatic carbocycles. The first-order valence-corrected chi connectivity index (χ1v) is 7.13. The van der Waals surface area contributed by atoms with Gasteiger partial charge >= 0.3 is 0 Å². The highest BCUT2D eigenvalue weighted by Crippen LogP contribution is 2.21. The molecule has 0 radical (unpaired) electrons. The van der Waals surface area contributed by atoms with Crippen LogP contribution < -0.4 is 4.74 Å². The number of rotatable bonds is 7. The lowest BCUT2D eigenvalue weighted by Gasteiger charge is -2.08. The summed E-state index contributed by atoms with van der Waals surface area (Å²) in [6, 6.07) is 17.9. The van der Waals surface area contributed by atoms with Gasteiger partial charge in [-0.25, -0.2) is 0 Å². The number of benzene rings is 2. The van der Waals surface area contributed by atoms with Crippen LogP contribution in [0.4, 0.5) is 0 Å². The first kappa shape index (κ1) is 14.6. The molecule has 0 saturated heterocycles. The zero-order valence-corrected chi connectivity index (χ0v) is 12.2. The van der Waals surface area contributed by atoms with E-state index >= 15 is 0 Å². The van der Waals surface area contributed by atoms with Crippen LogP contribution in [0.25, 0.3) is 0 Å². The van der Waals surface area contributed by atoms with Crippen molar-refractivity contribution in [1.82, 2.24) is 0 Å². The van der Waals surface area contributed by atoms with Crippen molar-refractivity contribution in [1.29, 1.82) is 0 Å². The number of ether oxygens (including phenoxy) is 2. The molecule has 0 spiro atoms. The summed E-state index contributed by atoms with van der Waals surface area (Å²) in [6.07, 6.45) is 1.11. The Balaban J connectivity index is 1.81. The van der Waals surface area contributed by atoms with E-state index in [2.05, 4.69) is 13.8 Å². The van der Waals surface area contributed by atoms with Crippen LogP contribution in [-0.2, 0) is 11.3 Å². The lowest BCUT2D eigenvalue weighted by molar-refractivity contribution is 0.110. The van der Waals surface area contributed by atoms with Crippen LogP contribution in [0.3, 0.4) is 0 Å². The van der Waals surface area contributed by atoms with E-state index in [-0.39, 0.29) is 0 Å². The van der Waals surface area contributed by atoms with Crippen molar-refractivity contribution >= 4 is 0 Å². The Morgan fingerprint density at radius 2 is 1.50 bits per heavy atom. The zero-order chi connectivity index (χ0) is 14.2. The molecule has 0 aliphatic heterocycles. The molecule has 2 rings (SSSR count). The molecule has 0 amide bonds. The van der Waals surface area contributed by atoms with Crippen molar-refractivity contribution in [3.63, 3.8) is 0 Å². The van der Waals surface area contributed by atoms with E-state index in [9.17, 15) is 0 Å². The number of para-hydroxylation sites is 1. The van der Waals surface area contributed by atoms with E-state index in [0.29, 0.717) is 12.5 Å². The monoisotopic (exact) mass is 270 g/mol. The summed E-state index contributed by atoms with van der Waals surface area (Å²) in [6.45, 7) is 5.90. The average molecular weight is 270 g/mol. The maximum absolute atomic E-state index is 5.75. The van der Waals surface area contributed by atoms with Gasteiger partial charge in [-0.15, -0.1) is 0 Å². The molecule has 0 aromatic heterocycles. The van der Waals surface area contributed by atoms with E-state index in [4.69, 9.17) is 9.47 Å². The second-order valence-corrected chi connectivity index (χ2v) is 5.29. The van der Waals surface area contributed by atoms with E-state index in [1.54, 1.807) is 0 Å². The van der Waals surface area contributed by atoms with Gasteiger partial charge in [-0.05, 0) is 42.2 Å². The summed E-state index contributed by atoms with van der Waals surface area (Å²) in [4.78, 5) is 0. The summed E-state index contributed by atoms with van der Waals surface area (Å²) in [5.41, 5.74) is 1.18. The third kappa shape index (κ3) is 5.06. The molecular weight excluding hydrogens is 248 g/mol. The molecule has 0 N–H and O–H groups in total.